The zero-order valence-electron chi connectivity index (χ0n) is 13.4. The third-order valence-electron chi connectivity index (χ3n) is 4.17. The molecule has 4 rings (SSSR count). The molecule has 2 heterocycles. The maximum absolute atomic E-state index is 12.1. The number of aromatic nitrogens is 1. The Bertz CT molecular complexity index is 908. The molecule has 0 saturated heterocycles. The minimum absolute atomic E-state index is 0.0549. The molecule has 25 heavy (non-hydrogen) atoms. The van der Waals surface area contributed by atoms with E-state index in [0.717, 1.165) is 21.8 Å². The molecule has 126 valence electrons. The minimum Gasteiger partial charge on any atom is -0.489 e. The molecule has 2 aromatic carbocycles. The number of benzene rings is 2. The summed E-state index contributed by atoms with van der Waals surface area (Å²) >= 11 is 1.41. The van der Waals surface area contributed by atoms with Crippen molar-refractivity contribution in [1.82, 2.24) is 4.98 Å². The van der Waals surface area contributed by atoms with Crippen molar-refractivity contribution in [3.63, 3.8) is 0 Å². The van der Waals surface area contributed by atoms with Crippen LogP contribution >= 0.6 is 11.3 Å². The number of anilines is 2. The Labute approximate surface area is 149 Å². The quantitative estimate of drug-likeness (QED) is 0.750. The number of para-hydroxylation sites is 1. The summed E-state index contributed by atoms with van der Waals surface area (Å²) in [7, 11) is 0. The van der Waals surface area contributed by atoms with Gasteiger partial charge in [0.25, 0.3) is 0 Å². The van der Waals surface area contributed by atoms with E-state index >= 15 is 0 Å². The van der Waals surface area contributed by atoms with Crippen LogP contribution in [0.5, 0.6) is 5.75 Å². The van der Waals surface area contributed by atoms with Gasteiger partial charge in [0.1, 0.15) is 18.2 Å². The molecule has 6 heteroatoms. The van der Waals surface area contributed by atoms with Gasteiger partial charge in [-0.2, -0.15) is 0 Å². The van der Waals surface area contributed by atoms with Crippen molar-refractivity contribution in [3.8, 4) is 5.75 Å². The lowest BCUT2D eigenvalue weighted by atomic mass is 9.91. The summed E-state index contributed by atoms with van der Waals surface area (Å²) in [6, 6.07) is 17.9. The van der Waals surface area contributed by atoms with Crippen LogP contribution in [0.4, 0.5) is 10.9 Å². The molecule has 1 atom stereocenters. The molecule has 0 saturated carbocycles. The monoisotopic (exact) mass is 351 g/mol. The molecular formula is C19H17N3O2S. The average molecular weight is 351 g/mol. The number of carbonyl (C=O) groups excluding carboxylic acids is 1. The summed E-state index contributed by atoms with van der Waals surface area (Å²) < 4.78 is 6.05. The number of hydrogen-bond acceptors (Lipinski definition) is 5. The van der Waals surface area contributed by atoms with Gasteiger partial charge in [-0.25, -0.2) is 4.98 Å². The van der Waals surface area contributed by atoms with E-state index in [4.69, 9.17) is 10.5 Å². The van der Waals surface area contributed by atoms with Gasteiger partial charge >= 0.3 is 0 Å². The summed E-state index contributed by atoms with van der Waals surface area (Å²) in [4.78, 5) is 17.3. The fourth-order valence-corrected chi connectivity index (χ4v) is 3.93. The van der Waals surface area contributed by atoms with Gasteiger partial charge in [0, 0.05) is 17.9 Å². The van der Waals surface area contributed by atoms with E-state index in [9.17, 15) is 4.79 Å². The van der Waals surface area contributed by atoms with Crippen molar-refractivity contribution < 1.29 is 9.53 Å². The number of nitrogens with two attached hydrogens (primary N) is 1. The van der Waals surface area contributed by atoms with Crippen LogP contribution in [0.25, 0.3) is 0 Å². The van der Waals surface area contributed by atoms with E-state index in [1.807, 2.05) is 54.6 Å². The van der Waals surface area contributed by atoms with E-state index in [-0.39, 0.29) is 11.8 Å². The first-order valence-corrected chi connectivity index (χ1v) is 8.84. The van der Waals surface area contributed by atoms with Gasteiger partial charge in [0.2, 0.25) is 5.91 Å². The van der Waals surface area contributed by atoms with Crippen molar-refractivity contribution in [3.05, 3.63) is 70.6 Å². The molecule has 1 amide bonds. The number of nitrogens with one attached hydrogen (secondary N) is 1. The van der Waals surface area contributed by atoms with E-state index in [2.05, 4.69) is 10.3 Å². The topological polar surface area (TPSA) is 77.2 Å². The fourth-order valence-electron chi connectivity index (χ4n) is 3.02. The largest absolute Gasteiger partial charge is 0.489 e. The SMILES string of the molecule is Nc1nc2c(s1)[C@@H](c1ccccc1OCc1ccccc1)CC(=O)N2. The third-order valence-corrected chi connectivity index (χ3v) is 5.16. The van der Waals surface area contributed by atoms with Gasteiger partial charge in [-0.15, -0.1) is 0 Å². The zero-order chi connectivity index (χ0) is 17.2. The number of amides is 1. The van der Waals surface area contributed by atoms with Gasteiger partial charge in [-0.05, 0) is 11.6 Å². The second kappa shape index (κ2) is 6.57. The van der Waals surface area contributed by atoms with E-state index in [1.54, 1.807) is 0 Å². The van der Waals surface area contributed by atoms with Crippen LogP contribution in [-0.2, 0) is 11.4 Å². The van der Waals surface area contributed by atoms with Crippen molar-refractivity contribution in [2.24, 2.45) is 0 Å². The van der Waals surface area contributed by atoms with Crippen molar-refractivity contribution >= 4 is 28.2 Å². The molecule has 3 aromatic rings. The first-order valence-electron chi connectivity index (χ1n) is 8.02. The molecule has 3 N–H and O–H groups in total. The van der Waals surface area contributed by atoms with E-state index in [0.29, 0.717) is 24.0 Å². The summed E-state index contributed by atoms with van der Waals surface area (Å²) in [6.45, 7) is 0.481. The van der Waals surface area contributed by atoms with Crippen LogP contribution in [0.1, 0.15) is 28.3 Å². The molecule has 1 aromatic heterocycles. The minimum atomic E-state index is -0.0921. The molecule has 0 spiro atoms. The first-order chi connectivity index (χ1) is 12.2. The number of hydrogen-bond donors (Lipinski definition) is 2. The average Bonchev–Trinajstić information content (AvgIpc) is 3.00. The molecule has 0 aliphatic carbocycles. The lowest BCUT2D eigenvalue weighted by molar-refractivity contribution is -0.116. The molecule has 0 unspecified atom stereocenters. The number of ether oxygens (including phenoxy) is 1. The van der Waals surface area contributed by atoms with Crippen LogP contribution in [0, 0.1) is 0 Å². The number of rotatable bonds is 4. The highest BCUT2D eigenvalue weighted by Crippen LogP contribution is 2.44. The zero-order valence-corrected chi connectivity index (χ0v) is 14.3. The first kappa shape index (κ1) is 15.7. The summed E-state index contributed by atoms with van der Waals surface area (Å²) in [5.41, 5.74) is 7.92. The van der Waals surface area contributed by atoms with Gasteiger partial charge in [-0.3, -0.25) is 4.79 Å². The number of nitrogens with zero attached hydrogens (tertiary/aromatic N) is 1. The molecule has 1 aliphatic rings. The highest BCUT2D eigenvalue weighted by molar-refractivity contribution is 7.16. The third kappa shape index (κ3) is 3.21. The van der Waals surface area contributed by atoms with Crippen LogP contribution in [0.2, 0.25) is 0 Å². The molecule has 0 bridgehead atoms. The van der Waals surface area contributed by atoms with E-state index < -0.39 is 0 Å². The normalized spacial score (nSPS) is 16.2. The lowest BCUT2D eigenvalue weighted by Crippen LogP contribution is -2.23. The number of nitrogen functional groups attached to an aromatic ring is 1. The maximum Gasteiger partial charge on any atom is 0.226 e. The van der Waals surface area contributed by atoms with Crippen molar-refractivity contribution in [2.75, 3.05) is 11.1 Å². The van der Waals surface area contributed by atoms with Crippen molar-refractivity contribution in [1.29, 1.82) is 0 Å². The Morgan fingerprint density at radius 3 is 2.76 bits per heavy atom. The Kier molecular flexibility index (Phi) is 4.11. The number of thiazole rings is 1. The standard InChI is InChI=1S/C19H17N3O2S/c20-19-22-18-17(25-19)14(10-16(23)21-18)13-8-4-5-9-15(13)24-11-12-6-2-1-3-7-12/h1-9,14H,10-11H2,(H2,20,22)(H,21,23)/t14-/m1/s1. The predicted molar refractivity (Wildman–Crippen MR) is 98.8 cm³/mol. The van der Waals surface area contributed by atoms with Gasteiger partial charge in [0.15, 0.2) is 5.13 Å². The molecule has 0 radical (unpaired) electrons. The second-order valence-electron chi connectivity index (χ2n) is 5.88. The predicted octanol–water partition coefficient (Wildman–Crippen LogP) is 3.78. The smallest absolute Gasteiger partial charge is 0.226 e. The molecule has 1 aliphatic heterocycles. The van der Waals surface area contributed by atoms with Crippen molar-refractivity contribution in [2.45, 2.75) is 18.9 Å². The van der Waals surface area contributed by atoms with Gasteiger partial charge < -0.3 is 15.8 Å². The Hall–Kier alpha value is -2.86. The van der Waals surface area contributed by atoms with Gasteiger partial charge in [0.05, 0.1) is 4.88 Å². The van der Waals surface area contributed by atoms with Gasteiger partial charge in [-0.1, -0.05) is 59.9 Å². The summed E-state index contributed by atoms with van der Waals surface area (Å²) in [6.07, 6.45) is 0.361. The summed E-state index contributed by atoms with van der Waals surface area (Å²) in [5, 5.41) is 3.26. The van der Waals surface area contributed by atoms with Crippen LogP contribution < -0.4 is 15.8 Å². The highest BCUT2D eigenvalue weighted by atomic mass is 32.1. The number of carbonyl (C=O) groups is 1. The number of fused-ring (bicyclic) bond motifs is 1. The Morgan fingerprint density at radius 1 is 1.16 bits per heavy atom. The maximum atomic E-state index is 12.1. The lowest BCUT2D eigenvalue weighted by Gasteiger charge is -2.23. The fraction of sp³-hybridized carbons (Fsp3) is 0.158. The Balaban J connectivity index is 1.66. The van der Waals surface area contributed by atoms with Crippen LogP contribution in [0.3, 0.4) is 0 Å². The van der Waals surface area contributed by atoms with E-state index in [1.165, 1.54) is 11.3 Å². The highest BCUT2D eigenvalue weighted by Gasteiger charge is 2.31. The molecule has 0 fully saturated rings. The van der Waals surface area contributed by atoms with Crippen LogP contribution in [0.15, 0.2) is 54.6 Å². The molecular weight excluding hydrogens is 334 g/mol. The van der Waals surface area contributed by atoms with Crippen LogP contribution in [-0.4, -0.2) is 10.9 Å². The summed E-state index contributed by atoms with van der Waals surface area (Å²) in [5.74, 6) is 1.21. The Morgan fingerprint density at radius 2 is 1.92 bits per heavy atom. The molecule has 5 nitrogen and oxygen atoms in total. The second-order valence-corrected chi connectivity index (χ2v) is 6.94.